The van der Waals surface area contributed by atoms with Gasteiger partial charge in [0.2, 0.25) is 0 Å². The molecule has 0 radical (unpaired) electrons. The fourth-order valence-corrected chi connectivity index (χ4v) is 4.62. The van der Waals surface area contributed by atoms with Crippen LogP contribution in [-0.2, 0) is 9.05 Å². The number of nitrogens with one attached hydrogen (secondary N) is 1. The lowest BCUT2D eigenvalue weighted by Crippen LogP contribution is -2.26. The van der Waals surface area contributed by atoms with Gasteiger partial charge in [0.05, 0.1) is 5.56 Å². The molecule has 1 amide bonds. The minimum absolute atomic E-state index is 0.00980. The van der Waals surface area contributed by atoms with Gasteiger partial charge in [-0.2, -0.15) is 0 Å². The summed E-state index contributed by atoms with van der Waals surface area (Å²) in [6, 6.07) is 1.32. The van der Waals surface area contributed by atoms with Gasteiger partial charge >= 0.3 is 0 Å². The number of carbonyl (C=O) groups is 1. The number of rotatable bonds is 5. The van der Waals surface area contributed by atoms with E-state index in [0.29, 0.717) is 18.0 Å². The first-order valence-electron chi connectivity index (χ1n) is 7.17. The molecular weight excluding hydrogens is 330 g/mol. The lowest BCUT2D eigenvalue weighted by atomic mass is 9.81. The Labute approximate surface area is 134 Å². The fraction of sp³-hybridized carbons (Fsp3) is 0.643. The normalized spacial score (nSPS) is 23.0. The highest BCUT2D eigenvalue weighted by Crippen LogP contribution is 2.30. The standard InChI is InChI=1S/C14H20ClNO3S2/c1-10-2-4-11(5-3-10)6-7-16-14(17)12-8-13(20-9-12)21(15,18)19/h8-11H,2-7H2,1H3,(H,16,17). The third kappa shape index (κ3) is 4.97. The molecule has 0 aromatic carbocycles. The van der Waals surface area contributed by atoms with Crippen molar-refractivity contribution >= 4 is 37.0 Å². The summed E-state index contributed by atoms with van der Waals surface area (Å²) in [6.45, 7) is 2.92. The zero-order valence-corrected chi connectivity index (χ0v) is 14.4. The van der Waals surface area contributed by atoms with Gasteiger partial charge in [-0.1, -0.05) is 32.6 Å². The Morgan fingerprint density at radius 2 is 2.05 bits per heavy atom. The van der Waals surface area contributed by atoms with Crippen molar-refractivity contribution in [3.63, 3.8) is 0 Å². The molecule has 7 heteroatoms. The molecule has 1 saturated carbocycles. The second-order valence-electron chi connectivity index (χ2n) is 5.76. The van der Waals surface area contributed by atoms with Gasteiger partial charge in [0.1, 0.15) is 4.21 Å². The van der Waals surface area contributed by atoms with E-state index in [9.17, 15) is 13.2 Å². The summed E-state index contributed by atoms with van der Waals surface area (Å²) in [5, 5.41) is 4.37. The average molecular weight is 350 g/mol. The van der Waals surface area contributed by atoms with Gasteiger partial charge in [0.15, 0.2) is 0 Å². The monoisotopic (exact) mass is 349 g/mol. The predicted molar refractivity (Wildman–Crippen MR) is 85.4 cm³/mol. The Kier molecular flexibility index (Phi) is 5.68. The van der Waals surface area contributed by atoms with Crippen molar-refractivity contribution in [1.29, 1.82) is 0 Å². The molecule has 0 aliphatic heterocycles. The Morgan fingerprint density at radius 3 is 2.62 bits per heavy atom. The summed E-state index contributed by atoms with van der Waals surface area (Å²) in [7, 11) is 1.50. The second kappa shape index (κ2) is 7.11. The minimum atomic E-state index is -3.75. The molecule has 1 N–H and O–H groups in total. The first kappa shape index (κ1) is 16.8. The van der Waals surface area contributed by atoms with Crippen molar-refractivity contribution in [1.82, 2.24) is 5.32 Å². The topological polar surface area (TPSA) is 63.2 Å². The van der Waals surface area contributed by atoms with Crippen molar-refractivity contribution in [3.8, 4) is 0 Å². The van der Waals surface area contributed by atoms with Gasteiger partial charge in [0, 0.05) is 22.6 Å². The van der Waals surface area contributed by atoms with E-state index >= 15 is 0 Å². The summed E-state index contributed by atoms with van der Waals surface area (Å²) in [5.41, 5.74) is 0.358. The van der Waals surface area contributed by atoms with Gasteiger partial charge in [-0.15, -0.1) is 11.3 Å². The summed E-state index contributed by atoms with van der Waals surface area (Å²) < 4.78 is 22.3. The molecule has 1 fully saturated rings. The summed E-state index contributed by atoms with van der Waals surface area (Å²) in [5.74, 6) is 1.29. The number of hydrogen-bond donors (Lipinski definition) is 1. The highest BCUT2D eigenvalue weighted by molar-refractivity contribution is 8.15. The van der Waals surface area contributed by atoms with Crippen LogP contribution in [0, 0.1) is 11.8 Å². The van der Waals surface area contributed by atoms with Crippen molar-refractivity contribution in [3.05, 3.63) is 17.0 Å². The quantitative estimate of drug-likeness (QED) is 0.826. The first-order valence-corrected chi connectivity index (χ1v) is 10.4. The van der Waals surface area contributed by atoms with Crippen molar-refractivity contribution < 1.29 is 13.2 Å². The van der Waals surface area contributed by atoms with E-state index in [1.165, 1.54) is 37.1 Å². The molecule has 118 valence electrons. The molecule has 0 bridgehead atoms. The van der Waals surface area contributed by atoms with E-state index in [1.54, 1.807) is 0 Å². The van der Waals surface area contributed by atoms with Crippen LogP contribution in [0.25, 0.3) is 0 Å². The largest absolute Gasteiger partial charge is 0.352 e. The maximum absolute atomic E-state index is 11.9. The zero-order valence-electron chi connectivity index (χ0n) is 12.0. The molecule has 1 aromatic rings. The molecule has 0 spiro atoms. The lowest BCUT2D eigenvalue weighted by molar-refractivity contribution is 0.0950. The lowest BCUT2D eigenvalue weighted by Gasteiger charge is -2.26. The summed E-state index contributed by atoms with van der Waals surface area (Å²) >= 11 is 0.966. The molecule has 0 saturated heterocycles. The third-order valence-electron chi connectivity index (χ3n) is 4.05. The van der Waals surface area contributed by atoms with Crippen LogP contribution in [-0.4, -0.2) is 20.9 Å². The number of halogens is 1. The van der Waals surface area contributed by atoms with E-state index in [1.807, 2.05) is 0 Å². The molecule has 2 rings (SSSR count). The van der Waals surface area contributed by atoms with E-state index < -0.39 is 9.05 Å². The third-order valence-corrected chi connectivity index (χ3v) is 7.09. The number of hydrogen-bond acceptors (Lipinski definition) is 4. The summed E-state index contributed by atoms with van der Waals surface area (Å²) in [6.07, 6.45) is 6.03. The maximum atomic E-state index is 11.9. The molecule has 0 unspecified atom stereocenters. The van der Waals surface area contributed by atoms with Crippen LogP contribution < -0.4 is 5.32 Å². The van der Waals surface area contributed by atoms with Crippen LogP contribution in [0.1, 0.15) is 49.4 Å². The zero-order chi connectivity index (χ0) is 15.5. The smallest absolute Gasteiger partial charge is 0.270 e. The molecule has 1 aliphatic rings. The molecule has 0 atom stereocenters. The van der Waals surface area contributed by atoms with E-state index in [-0.39, 0.29) is 10.1 Å². The van der Waals surface area contributed by atoms with Crippen LogP contribution in [0.15, 0.2) is 15.7 Å². The van der Waals surface area contributed by atoms with Gasteiger partial charge in [-0.25, -0.2) is 8.42 Å². The van der Waals surface area contributed by atoms with E-state index in [4.69, 9.17) is 10.7 Å². The van der Waals surface area contributed by atoms with Crippen LogP contribution >= 0.6 is 22.0 Å². The Balaban J connectivity index is 1.78. The number of amides is 1. The highest BCUT2D eigenvalue weighted by Gasteiger charge is 2.19. The van der Waals surface area contributed by atoms with Crippen molar-refractivity contribution in [2.24, 2.45) is 11.8 Å². The van der Waals surface area contributed by atoms with Gasteiger partial charge < -0.3 is 5.32 Å². The predicted octanol–water partition coefficient (Wildman–Crippen LogP) is 3.62. The number of thiophene rings is 1. The molecule has 1 aliphatic carbocycles. The van der Waals surface area contributed by atoms with Crippen LogP contribution in [0.3, 0.4) is 0 Å². The Bertz CT molecular complexity index is 589. The van der Waals surface area contributed by atoms with Crippen molar-refractivity contribution in [2.45, 2.75) is 43.2 Å². The maximum Gasteiger partial charge on any atom is 0.270 e. The van der Waals surface area contributed by atoms with Crippen LogP contribution in [0.4, 0.5) is 0 Å². The SMILES string of the molecule is CC1CCC(CCNC(=O)c2csc(S(=O)(=O)Cl)c2)CC1. The average Bonchev–Trinajstić information content (AvgIpc) is 2.90. The molecule has 21 heavy (non-hydrogen) atoms. The fourth-order valence-electron chi connectivity index (χ4n) is 2.67. The van der Waals surface area contributed by atoms with Gasteiger partial charge in [-0.05, 0) is 24.3 Å². The van der Waals surface area contributed by atoms with E-state index in [2.05, 4.69) is 12.2 Å². The van der Waals surface area contributed by atoms with Gasteiger partial charge in [-0.3, -0.25) is 4.79 Å². The van der Waals surface area contributed by atoms with Gasteiger partial charge in [0.25, 0.3) is 15.0 Å². The second-order valence-corrected chi connectivity index (χ2v) is 9.47. The Hall–Kier alpha value is -0.590. The molecule has 1 heterocycles. The minimum Gasteiger partial charge on any atom is -0.352 e. The molecule has 4 nitrogen and oxygen atoms in total. The highest BCUT2D eigenvalue weighted by atomic mass is 35.7. The van der Waals surface area contributed by atoms with Crippen molar-refractivity contribution in [2.75, 3.05) is 6.54 Å². The van der Waals surface area contributed by atoms with Crippen LogP contribution in [0.2, 0.25) is 0 Å². The molecule has 1 aromatic heterocycles. The number of carbonyl (C=O) groups excluding carboxylic acids is 1. The Morgan fingerprint density at radius 1 is 1.38 bits per heavy atom. The van der Waals surface area contributed by atoms with Crippen LogP contribution in [0.5, 0.6) is 0 Å². The first-order chi connectivity index (χ1) is 9.86. The van der Waals surface area contributed by atoms with E-state index in [0.717, 1.165) is 23.7 Å². The summed E-state index contributed by atoms with van der Waals surface area (Å²) in [4.78, 5) is 11.9. The molecular formula is C14H20ClNO3S2.